The lowest BCUT2D eigenvalue weighted by atomic mass is 10.3. The molecule has 13 heavy (non-hydrogen) atoms. The standard InChI is InChI=1S/C7H6O5S/c8-7(9)13(10,11)12-6-4-2-1-3-5-6/h1-5H,(H,8,9). The van der Waals surface area contributed by atoms with Crippen LogP contribution in [0.25, 0.3) is 0 Å². The lowest BCUT2D eigenvalue weighted by molar-refractivity contribution is 0.216. The first-order valence-electron chi connectivity index (χ1n) is 3.25. The second-order valence-electron chi connectivity index (χ2n) is 2.12. The summed E-state index contributed by atoms with van der Waals surface area (Å²) in [5.41, 5.74) is 0. The Morgan fingerprint density at radius 2 is 1.77 bits per heavy atom. The van der Waals surface area contributed by atoms with Gasteiger partial charge in [0.1, 0.15) is 5.75 Å². The second-order valence-corrected chi connectivity index (χ2v) is 3.54. The van der Waals surface area contributed by atoms with Gasteiger partial charge in [-0.3, -0.25) is 0 Å². The summed E-state index contributed by atoms with van der Waals surface area (Å²) in [5, 5.41) is 6.19. The fraction of sp³-hybridized carbons (Fsp3) is 0. The van der Waals surface area contributed by atoms with Crippen LogP contribution in [0.4, 0.5) is 4.79 Å². The topological polar surface area (TPSA) is 80.7 Å². The highest BCUT2D eigenvalue weighted by molar-refractivity contribution is 8.01. The van der Waals surface area contributed by atoms with Crippen LogP contribution < -0.4 is 4.18 Å². The zero-order chi connectivity index (χ0) is 9.90. The van der Waals surface area contributed by atoms with Crippen molar-refractivity contribution in [2.45, 2.75) is 0 Å². The Morgan fingerprint density at radius 1 is 1.23 bits per heavy atom. The molecule has 1 rings (SSSR count). The normalized spacial score (nSPS) is 10.8. The van der Waals surface area contributed by atoms with Crippen molar-refractivity contribution < 1.29 is 22.5 Å². The van der Waals surface area contributed by atoms with Crippen LogP contribution >= 0.6 is 0 Å². The van der Waals surface area contributed by atoms with E-state index in [4.69, 9.17) is 5.11 Å². The van der Waals surface area contributed by atoms with Crippen LogP contribution in [0.3, 0.4) is 0 Å². The highest BCUT2D eigenvalue weighted by Gasteiger charge is 2.22. The zero-order valence-corrected chi connectivity index (χ0v) is 7.19. The number of hydrogen-bond acceptors (Lipinski definition) is 4. The fourth-order valence-corrected chi connectivity index (χ4v) is 1.07. The van der Waals surface area contributed by atoms with Crippen LogP contribution in [-0.4, -0.2) is 18.8 Å². The number of benzene rings is 1. The molecule has 0 aliphatic rings. The van der Waals surface area contributed by atoms with Crippen LogP contribution in [0, 0.1) is 0 Å². The molecule has 0 saturated heterocycles. The Balaban J connectivity index is 2.88. The van der Waals surface area contributed by atoms with E-state index in [0.717, 1.165) is 0 Å². The molecular formula is C7H6O5S. The van der Waals surface area contributed by atoms with Crippen molar-refractivity contribution in [1.29, 1.82) is 0 Å². The van der Waals surface area contributed by atoms with E-state index in [1.165, 1.54) is 24.3 Å². The van der Waals surface area contributed by atoms with E-state index in [2.05, 4.69) is 4.18 Å². The van der Waals surface area contributed by atoms with Gasteiger partial charge < -0.3 is 9.29 Å². The molecule has 0 unspecified atom stereocenters. The highest BCUT2D eigenvalue weighted by Crippen LogP contribution is 2.11. The molecular weight excluding hydrogens is 196 g/mol. The minimum absolute atomic E-state index is 0.0232. The fourth-order valence-electron chi connectivity index (χ4n) is 0.638. The van der Waals surface area contributed by atoms with Crippen LogP contribution in [0.5, 0.6) is 5.75 Å². The first-order valence-corrected chi connectivity index (χ1v) is 4.65. The average Bonchev–Trinajstić information content (AvgIpc) is 2.05. The van der Waals surface area contributed by atoms with Crippen molar-refractivity contribution in [2.75, 3.05) is 0 Å². The number of carboxylic acid groups (broad SMARTS) is 1. The van der Waals surface area contributed by atoms with Gasteiger partial charge in [-0.1, -0.05) is 18.2 Å². The second kappa shape index (κ2) is 3.44. The third-order valence-electron chi connectivity index (χ3n) is 1.16. The predicted molar refractivity (Wildman–Crippen MR) is 44.0 cm³/mol. The monoisotopic (exact) mass is 202 g/mol. The Bertz CT molecular complexity index is 394. The van der Waals surface area contributed by atoms with Gasteiger partial charge in [0.05, 0.1) is 0 Å². The SMILES string of the molecule is O=C(O)S(=O)(=O)Oc1ccccc1. The quantitative estimate of drug-likeness (QED) is 0.725. The summed E-state index contributed by atoms with van der Waals surface area (Å²) in [5.74, 6) is -0.0232. The van der Waals surface area contributed by atoms with Gasteiger partial charge in [-0.2, -0.15) is 8.42 Å². The van der Waals surface area contributed by atoms with Crippen molar-refractivity contribution >= 4 is 15.4 Å². The summed E-state index contributed by atoms with van der Waals surface area (Å²) >= 11 is 0. The summed E-state index contributed by atoms with van der Waals surface area (Å²) in [6, 6.07) is 7.42. The zero-order valence-electron chi connectivity index (χ0n) is 6.38. The molecule has 5 nitrogen and oxygen atoms in total. The number of para-hydroxylation sites is 1. The van der Waals surface area contributed by atoms with Crippen molar-refractivity contribution in [1.82, 2.24) is 0 Å². The highest BCUT2D eigenvalue weighted by atomic mass is 32.2. The lowest BCUT2D eigenvalue weighted by Crippen LogP contribution is -2.18. The van der Waals surface area contributed by atoms with Crippen LogP contribution in [0.2, 0.25) is 0 Å². The Morgan fingerprint density at radius 3 is 2.23 bits per heavy atom. The van der Waals surface area contributed by atoms with E-state index in [1.54, 1.807) is 6.07 Å². The third kappa shape index (κ3) is 2.45. The maximum absolute atomic E-state index is 10.7. The summed E-state index contributed by atoms with van der Waals surface area (Å²) in [4.78, 5) is 10.1. The van der Waals surface area contributed by atoms with Gasteiger partial charge >= 0.3 is 15.4 Å². The molecule has 6 heteroatoms. The summed E-state index contributed by atoms with van der Waals surface area (Å²) < 4.78 is 25.6. The molecule has 0 heterocycles. The van der Waals surface area contributed by atoms with E-state index in [0.29, 0.717) is 0 Å². The molecule has 0 fully saturated rings. The molecule has 0 spiro atoms. The molecule has 0 aromatic heterocycles. The van der Waals surface area contributed by atoms with Crippen molar-refractivity contribution in [3.63, 3.8) is 0 Å². The van der Waals surface area contributed by atoms with Crippen LogP contribution in [0.15, 0.2) is 30.3 Å². The molecule has 0 saturated carbocycles. The minimum Gasteiger partial charge on any atom is -0.467 e. The van der Waals surface area contributed by atoms with Crippen molar-refractivity contribution in [3.8, 4) is 5.75 Å². The largest absolute Gasteiger partial charge is 0.467 e. The van der Waals surface area contributed by atoms with Crippen molar-refractivity contribution in [3.05, 3.63) is 30.3 Å². The van der Waals surface area contributed by atoms with Gasteiger partial charge in [0.25, 0.3) is 0 Å². The molecule has 70 valence electrons. The summed E-state index contributed by atoms with van der Waals surface area (Å²) in [6.07, 6.45) is 0. The first kappa shape index (κ1) is 9.53. The first-order chi connectivity index (χ1) is 6.02. The van der Waals surface area contributed by atoms with Crippen LogP contribution in [-0.2, 0) is 10.1 Å². The molecule has 0 aliphatic heterocycles. The summed E-state index contributed by atoms with van der Waals surface area (Å²) in [7, 11) is -4.53. The van der Waals surface area contributed by atoms with Gasteiger partial charge in [0.2, 0.25) is 0 Å². The Labute approximate surface area is 74.7 Å². The van der Waals surface area contributed by atoms with Crippen LogP contribution in [0.1, 0.15) is 0 Å². The van der Waals surface area contributed by atoms with E-state index >= 15 is 0 Å². The van der Waals surface area contributed by atoms with Gasteiger partial charge in [-0.25, -0.2) is 4.79 Å². The molecule has 0 radical (unpaired) electrons. The molecule has 1 N–H and O–H groups in total. The molecule has 0 atom stereocenters. The van der Waals surface area contributed by atoms with Crippen molar-refractivity contribution in [2.24, 2.45) is 0 Å². The minimum atomic E-state index is -4.53. The lowest BCUT2D eigenvalue weighted by Gasteiger charge is -2.00. The third-order valence-corrected chi connectivity index (χ3v) is 2.00. The molecule has 0 amide bonds. The molecule has 0 aliphatic carbocycles. The van der Waals surface area contributed by atoms with Gasteiger partial charge in [-0.05, 0) is 12.1 Å². The predicted octanol–water partition coefficient (Wildman–Crippen LogP) is 1.07. The van der Waals surface area contributed by atoms with E-state index in [1.807, 2.05) is 0 Å². The number of carbonyl (C=O) groups is 1. The Hall–Kier alpha value is -1.56. The van der Waals surface area contributed by atoms with Gasteiger partial charge in [-0.15, -0.1) is 0 Å². The Kier molecular flexibility index (Phi) is 2.52. The van der Waals surface area contributed by atoms with Gasteiger partial charge in [0, 0.05) is 0 Å². The molecule has 0 bridgehead atoms. The van der Waals surface area contributed by atoms with E-state index in [-0.39, 0.29) is 5.75 Å². The van der Waals surface area contributed by atoms with Gasteiger partial charge in [0.15, 0.2) is 0 Å². The maximum Gasteiger partial charge on any atom is 0.461 e. The van der Waals surface area contributed by atoms with E-state index in [9.17, 15) is 13.2 Å². The molecule has 1 aromatic rings. The number of rotatable bonds is 2. The smallest absolute Gasteiger partial charge is 0.461 e. The van der Waals surface area contributed by atoms with E-state index < -0.39 is 15.4 Å². The maximum atomic E-state index is 10.7. The molecule has 1 aromatic carbocycles. The average molecular weight is 202 g/mol. The number of hydrogen-bond donors (Lipinski definition) is 1. The summed E-state index contributed by atoms with van der Waals surface area (Å²) in [6.45, 7) is 0.